The SMILES string of the molecule is C=C(C)C(=O)OC12CC3CC(CC(OCCCCCCCC4(C)COC4)(C3)C1)C2. The number of hydrogen-bond donors (Lipinski definition) is 0. The van der Waals surface area contributed by atoms with Gasteiger partial charge >= 0.3 is 5.97 Å². The van der Waals surface area contributed by atoms with Crippen LogP contribution in [0.2, 0.25) is 0 Å². The number of esters is 1. The first-order valence-electron chi connectivity index (χ1n) is 11.9. The standard InChI is InChI=1S/C25H40O4/c1-19(2)22(26)29-25-14-20-11-21(15-25)13-24(12-20,16-25)28-10-8-6-4-5-7-9-23(3)17-27-18-23/h20-21H,1,4-18H2,2-3H3. The van der Waals surface area contributed by atoms with Crippen LogP contribution >= 0.6 is 0 Å². The summed E-state index contributed by atoms with van der Waals surface area (Å²) in [5.41, 5.74) is 0.639. The van der Waals surface area contributed by atoms with E-state index in [1.165, 1.54) is 38.5 Å². The lowest BCUT2D eigenvalue weighted by Gasteiger charge is -2.60. The molecule has 4 saturated carbocycles. The van der Waals surface area contributed by atoms with Gasteiger partial charge in [0.1, 0.15) is 5.60 Å². The average Bonchev–Trinajstić information content (AvgIpc) is 2.60. The number of ether oxygens (including phenoxy) is 3. The summed E-state index contributed by atoms with van der Waals surface area (Å²) in [5.74, 6) is 1.10. The number of unbranched alkanes of at least 4 members (excludes halogenated alkanes) is 4. The fourth-order valence-corrected chi connectivity index (χ4v) is 6.74. The first-order chi connectivity index (χ1) is 13.8. The molecule has 1 aliphatic heterocycles. The third-order valence-corrected chi connectivity index (χ3v) is 7.85. The summed E-state index contributed by atoms with van der Waals surface area (Å²) in [6.45, 7) is 10.6. The molecule has 5 fully saturated rings. The maximum Gasteiger partial charge on any atom is 0.333 e. The lowest BCUT2D eigenvalue weighted by Crippen LogP contribution is -2.61. The summed E-state index contributed by atoms with van der Waals surface area (Å²) in [6.07, 6.45) is 14.2. The third-order valence-electron chi connectivity index (χ3n) is 7.85. The van der Waals surface area contributed by atoms with Crippen LogP contribution in [0.1, 0.15) is 90.9 Å². The van der Waals surface area contributed by atoms with Gasteiger partial charge in [-0.3, -0.25) is 0 Å². The van der Waals surface area contributed by atoms with Gasteiger partial charge in [0.2, 0.25) is 0 Å². The molecule has 29 heavy (non-hydrogen) atoms. The van der Waals surface area contributed by atoms with Crippen molar-refractivity contribution in [2.75, 3.05) is 19.8 Å². The van der Waals surface area contributed by atoms with E-state index in [-0.39, 0.29) is 17.2 Å². The van der Waals surface area contributed by atoms with Gasteiger partial charge in [-0.15, -0.1) is 0 Å². The molecular weight excluding hydrogens is 364 g/mol. The van der Waals surface area contributed by atoms with Gasteiger partial charge in [-0.2, -0.15) is 0 Å². The van der Waals surface area contributed by atoms with Gasteiger partial charge in [-0.25, -0.2) is 4.79 Å². The van der Waals surface area contributed by atoms with Crippen molar-refractivity contribution in [2.24, 2.45) is 17.3 Å². The van der Waals surface area contributed by atoms with Gasteiger partial charge in [0.05, 0.1) is 18.8 Å². The Labute approximate surface area is 176 Å². The highest BCUT2D eigenvalue weighted by molar-refractivity contribution is 5.87. The zero-order valence-corrected chi connectivity index (χ0v) is 18.6. The zero-order valence-electron chi connectivity index (χ0n) is 18.6. The van der Waals surface area contributed by atoms with Crippen molar-refractivity contribution in [3.05, 3.63) is 12.2 Å². The Hall–Kier alpha value is -0.870. The normalized spacial score (nSPS) is 36.6. The van der Waals surface area contributed by atoms with Crippen molar-refractivity contribution in [1.29, 1.82) is 0 Å². The van der Waals surface area contributed by atoms with E-state index in [4.69, 9.17) is 14.2 Å². The van der Waals surface area contributed by atoms with E-state index in [0.717, 1.165) is 58.3 Å². The van der Waals surface area contributed by atoms with E-state index >= 15 is 0 Å². The second kappa shape index (κ2) is 8.34. The Kier molecular flexibility index (Phi) is 6.14. The minimum absolute atomic E-state index is 0.0434. The third kappa shape index (κ3) is 4.90. The molecule has 2 atom stereocenters. The maximum atomic E-state index is 12.2. The van der Waals surface area contributed by atoms with Gasteiger partial charge in [-0.1, -0.05) is 39.2 Å². The minimum Gasteiger partial charge on any atom is -0.456 e. The highest BCUT2D eigenvalue weighted by atomic mass is 16.6. The first-order valence-corrected chi connectivity index (χ1v) is 11.9. The summed E-state index contributed by atoms with van der Waals surface area (Å²) in [7, 11) is 0. The van der Waals surface area contributed by atoms with Crippen molar-refractivity contribution in [1.82, 2.24) is 0 Å². The molecule has 5 aliphatic rings. The number of hydrogen-bond acceptors (Lipinski definition) is 4. The molecule has 164 valence electrons. The summed E-state index contributed by atoms with van der Waals surface area (Å²) in [5, 5.41) is 0. The predicted octanol–water partition coefficient (Wildman–Crippen LogP) is 5.59. The summed E-state index contributed by atoms with van der Waals surface area (Å²) < 4.78 is 17.9. The maximum absolute atomic E-state index is 12.2. The van der Waals surface area contributed by atoms with Gasteiger partial charge < -0.3 is 14.2 Å². The molecule has 1 saturated heterocycles. The van der Waals surface area contributed by atoms with Gasteiger partial charge in [0.15, 0.2) is 0 Å². The van der Waals surface area contributed by atoms with Crippen LogP contribution in [0.3, 0.4) is 0 Å². The molecule has 2 unspecified atom stereocenters. The smallest absolute Gasteiger partial charge is 0.333 e. The molecule has 4 nitrogen and oxygen atoms in total. The quantitative estimate of drug-likeness (QED) is 0.256. The molecule has 0 radical (unpaired) electrons. The van der Waals surface area contributed by atoms with E-state index in [1.54, 1.807) is 6.92 Å². The van der Waals surface area contributed by atoms with E-state index in [0.29, 0.717) is 22.8 Å². The van der Waals surface area contributed by atoms with Crippen LogP contribution in [0.5, 0.6) is 0 Å². The summed E-state index contributed by atoms with van der Waals surface area (Å²) >= 11 is 0. The van der Waals surface area contributed by atoms with Crippen LogP contribution in [0.25, 0.3) is 0 Å². The van der Waals surface area contributed by atoms with Crippen molar-refractivity contribution in [3.63, 3.8) is 0 Å². The lowest BCUT2D eigenvalue weighted by molar-refractivity contribution is -0.232. The molecule has 4 bridgehead atoms. The van der Waals surface area contributed by atoms with Crippen molar-refractivity contribution >= 4 is 5.97 Å². The molecule has 0 aromatic rings. The fraction of sp³-hybridized carbons (Fsp3) is 0.880. The van der Waals surface area contributed by atoms with Crippen molar-refractivity contribution in [2.45, 2.75) is 102 Å². The van der Waals surface area contributed by atoms with Gasteiger partial charge in [0, 0.05) is 24.0 Å². The van der Waals surface area contributed by atoms with Crippen LogP contribution in [-0.4, -0.2) is 37.0 Å². The van der Waals surface area contributed by atoms with Crippen LogP contribution in [0.15, 0.2) is 12.2 Å². The van der Waals surface area contributed by atoms with Crippen molar-refractivity contribution in [3.8, 4) is 0 Å². The average molecular weight is 405 g/mol. The van der Waals surface area contributed by atoms with E-state index in [2.05, 4.69) is 13.5 Å². The highest BCUT2D eigenvalue weighted by Crippen LogP contribution is 2.60. The van der Waals surface area contributed by atoms with Crippen LogP contribution in [-0.2, 0) is 19.0 Å². The number of rotatable bonds is 11. The monoisotopic (exact) mass is 404 g/mol. The van der Waals surface area contributed by atoms with Crippen LogP contribution in [0, 0.1) is 17.3 Å². The second-order valence-electron chi connectivity index (χ2n) is 11.2. The Bertz CT molecular complexity index is 606. The lowest BCUT2D eigenvalue weighted by atomic mass is 9.52. The van der Waals surface area contributed by atoms with E-state index < -0.39 is 0 Å². The Balaban J connectivity index is 1.19. The fourth-order valence-electron chi connectivity index (χ4n) is 6.74. The predicted molar refractivity (Wildman–Crippen MR) is 114 cm³/mol. The molecular formula is C25H40O4. The molecule has 5 rings (SSSR count). The van der Waals surface area contributed by atoms with Gasteiger partial charge in [-0.05, 0) is 63.7 Å². The van der Waals surface area contributed by atoms with E-state index in [1.807, 2.05) is 0 Å². The number of carbonyl (C=O) groups is 1. The van der Waals surface area contributed by atoms with Crippen molar-refractivity contribution < 1.29 is 19.0 Å². The zero-order chi connectivity index (χ0) is 20.5. The molecule has 0 aromatic carbocycles. The summed E-state index contributed by atoms with van der Waals surface area (Å²) in [4.78, 5) is 12.2. The molecule has 0 spiro atoms. The second-order valence-corrected chi connectivity index (χ2v) is 11.2. The van der Waals surface area contributed by atoms with E-state index in [9.17, 15) is 4.79 Å². The first kappa shape index (κ1) is 21.4. The van der Waals surface area contributed by atoms with Crippen LogP contribution in [0.4, 0.5) is 0 Å². The van der Waals surface area contributed by atoms with Gasteiger partial charge in [0.25, 0.3) is 0 Å². The minimum atomic E-state index is -0.290. The molecule has 0 N–H and O–H groups in total. The van der Waals surface area contributed by atoms with Crippen LogP contribution < -0.4 is 0 Å². The molecule has 1 heterocycles. The molecule has 4 heteroatoms. The Morgan fingerprint density at radius 1 is 1.00 bits per heavy atom. The topological polar surface area (TPSA) is 44.8 Å². The molecule has 0 aromatic heterocycles. The summed E-state index contributed by atoms with van der Waals surface area (Å²) in [6, 6.07) is 0. The highest BCUT2D eigenvalue weighted by Gasteiger charge is 2.60. The number of carbonyl (C=O) groups excluding carboxylic acids is 1. The Morgan fingerprint density at radius 2 is 1.62 bits per heavy atom. The largest absolute Gasteiger partial charge is 0.456 e. The molecule has 0 amide bonds. The Morgan fingerprint density at radius 3 is 2.24 bits per heavy atom. The molecule has 4 aliphatic carbocycles.